The number of benzene rings is 1. The molecule has 7 nitrogen and oxygen atoms in total. The number of amides is 1. The number of nitro groups is 1. The zero-order chi connectivity index (χ0) is 18.2. The van der Waals surface area contributed by atoms with Crippen LogP contribution in [0.2, 0.25) is 0 Å². The van der Waals surface area contributed by atoms with Gasteiger partial charge in [-0.1, -0.05) is 12.1 Å². The monoisotopic (exact) mass is 381 g/mol. The second-order valence-electron chi connectivity index (χ2n) is 5.92. The lowest BCUT2D eigenvalue weighted by Gasteiger charge is -2.08. The van der Waals surface area contributed by atoms with E-state index in [0.717, 1.165) is 0 Å². The van der Waals surface area contributed by atoms with E-state index >= 15 is 0 Å². The van der Waals surface area contributed by atoms with Crippen LogP contribution in [0.15, 0.2) is 45.9 Å². The first kappa shape index (κ1) is 17.4. The van der Waals surface area contributed by atoms with Crippen molar-refractivity contribution >= 4 is 41.0 Å². The van der Waals surface area contributed by atoms with E-state index in [1.54, 1.807) is 31.2 Å². The van der Waals surface area contributed by atoms with Crippen LogP contribution >= 0.6 is 23.2 Å². The van der Waals surface area contributed by atoms with Gasteiger partial charge in [0.2, 0.25) is 5.91 Å². The number of alkyl halides is 2. The molecular weight excluding hydrogens is 369 g/mol. The maximum absolute atomic E-state index is 12.0. The Labute approximate surface area is 152 Å². The van der Waals surface area contributed by atoms with Crippen LogP contribution in [0.3, 0.4) is 0 Å². The Bertz CT molecular complexity index is 878. The van der Waals surface area contributed by atoms with Crippen LogP contribution in [0.5, 0.6) is 0 Å². The van der Waals surface area contributed by atoms with Gasteiger partial charge in [0.05, 0.1) is 16.6 Å². The van der Waals surface area contributed by atoms with Gasteiger partial charge in [0, 0.05) is 17.7 Å². The molecule has 1 fully saturated rings. The third kappa shape index (κ3) is 3.38. The summed E-state index contributed by atoms with van der Waals surface area (Å²) in [6.07, 6.45) is 1.69. The van der Waals surface area contributed by atoms with Gasteiger partial charge >= 0.3 is 0 Å². The number of non-ortho nitro benzene ring substituents is 1. The van der Waals surface area contributed by atoms with Crippen LogP contribution in [-0.2, 0) is 4.79 Å². The van der Waals surface area contributed by atoms with Crippen molar-refractivity contribution in [1.29, 1.82) is 0 Å². The summed E-state index contributed by atoms with van der Waals surface area (Å²) in [5.74, 6) is 0.455. The molecule has 1 aromatic carbocycles. The minimum absolute atomic E-state index is 0.0281. The van der Waals surface area contributed by atoms with Crippen molar-refractivity contribution in [3.63, 3.8) is 0 Å². The molecule has 1 aliphatic rings. The van der Waals surface area contributed by atoms with Gasteiger partial charge in [0.1, 0.15) is 15.9 Å². The van der Waals surface area contributed by atoms with Crippen molar-refractivity contribution in [2.24, 2.45) is 10.5 Å². The highest BCUT2D eigenvalue weighted by molar-refractivity contribution is 6.53. The van der Waals surface area contributed by atoms with Crippen molar-refractivity contribution in [2.75, 3.05) is 0 Å². The van der Waals surface area contributed by atoms with E-state index < -0.39 is 14.7 Å². The van der Waals surface area contributed by atoms with Crippen LogP contribution in [0.4, 0.5) is 5.69 Å². The smallest absolute Gasteiger partial charge is 0.270 e. The summed E-state index contributed by atoms with van der Waals surface area (Å²) in [6, 6.07) is 9.38. The van der Waals surface area contributed by atoms with Crippen molar-refractivity contribution in [1.82, 2.24) is 5.43 Å². The Kier molecular flexibility index (Phi) is 4.30. The lowest BCUT2D eigenvalue weighted by atomic mass is 10.1. The molecule has 1 aromatic heterocycles. The fourth-order valence-electron chi connectivity index (χ4n) is 2.27. The number of halogens is 2. The first-order chi connectivity index (χ1) is 11.7. The Hall–Kier alpha value is -2.38. The van der Waals surface area contributed by atoms with E-state index in [0.29, 0.717) is 23.5 Å². The molecule has 0 saturated heterocycles. The van der Waals surface area contributed by atoms with E-state index in [4.69, 9.17) is 27.6 Å². The van der Waals surface area contributed by atoms with Crippen LogP contribution in [0, 0.1) is 15.5 Å². The molecule has 0 spiro atoms. The average molecular weight is 382 g/mol. The minimum Gasteiger partial charge on any atom is -0.455 e. The number of carbonyl (C=O) groups excluding carboxylic acids is 1. The molecule has 1 atom stereocenters. The Morgan fingerprint density at radius 2 is 2.12 bits per heavy atom. The van der Waals surface area contributed by atoms with Crippen LogP contribution in [0.1, 0.15) is 19.1 Å². The third-order valence-electron chi connectivity index (χ3n) is 4.09. The number of hydrogen-bond donors (Lipinski definition) is 1. The molecule has 25 heavy (non-hydrogen) atoms. The fraction of sp³-hybridized carbons (Fsp3) is 0.250. The number of carbonyl (C=O) groups is 1. The molecule has 9 heteroatoms. The largest absolute Gasteiger partial charge is 0.455 e. The normalized spacial score (nSPS) is 21.2. The molecular formula is C16H13Cl2N3O4. The predicted molar refractivity (Wildman–Crippen MR) is 93.7 cm³/mol. The Morgan fingerprint density at radius 1 is 1.40 bits per heavy atom. The summed E-state index contributed by atoms with van der Waals surface area (Å²) in [4.78, 5) is 22.3. The molecule has 1 aliphatic carbocycles. The van der Waals surface area contributed by atoms with E-state index in [2.05, 4.69) is 10.5 Å². The van der Waals surface area contributed by atoms with Gasteiger partial charge in [-0.2, -0.15) is 5.10 Å². The molecule has 1 saturated carbocycles. The second kappa shape index (κ2) is 6.16. The summed E-state index contributed by atoms with van der Waals surface area (Å²) in [5.41, 5.74) is 2.06. The Balaban J connectivity index is 1.67. The number of furan rings is 1. The number of hydrogen-bond acceptors (Lipinski definition) is 5. The zero-order valence-corrected chi connectivity index (χ0v) is 14.5. The molecule has 0 aliphatic heterocycles. The molecule has 1 amide bonds. The first-order valence-corrected chi connectivity index (χ1v) is 8.04. The molecule has 0 bridgehead atoms. The molecule has 1 N–H and O–H groups in total. The van der Waals surface area contributed by atoms with Gasteiger partial charge in [0.15, 0.2) is 0 Å². The molecule has 2 aromatic rings. The number of nitrogens with zero attached hydrogens (tertiary/aromatic N) is 2. The summed E-state index contributed by atoms with van der Waals surface area (Å²) in [6.45, 7) is 1.66. The van der Waals surface area contributed by atoms with Crippen LogP contribution in [-0.4, -0.2) is 21.4 Å². The van der Waals surface area contributed by atoms with Crippen molar-refractivity contribution in [3.8, 4) is 11.3 Å². The van der Waals surface area contributed by atoms with Crippen molar-refractivity contribution in [3.05, 3.63) is 52.3 Å². The SMILES string of the molecule is C[C@@]1(C(=O)NN=Cc2ccc(-c3cccc([N+](=O)[O-])c3)o2)CC1(Cl)Cl. The second-order valence-corrected chi connectivity index (χ2v) is 7.41. The van der Waals surface area contributed by atoms with Gasteiger partial charge in [-0.15, -0.1) is 23.2 Å². The lowest BCUT2D eigenvalue weighted by molar-refractivity contribution is -0.384. The van der Waals surface area contributed by atoms with E-state index in [1.165, 1.54) is 18.3 Å². The van der Waals surface area contributed by atoms with Crippen LogP contribution < -0.4 is 5.43 Å². The van der Waals surface area contributed by atoms with Gasteiger partial charge in [-0.05, 0) is 25.5 Å². The highest BCUT2D eigenvalue weighted by Gasteiger charge is 2.68. The van der Waals surface area contributed by atoms with Crippen molar-refractivity contribution < 1.29 is 14.1 Å². The number of hydrazone groups is 1. The quantitative estimate of drug-likeness (QED) is 0.367. The minimum atomic E-state index is -1.06. The predicted octanol–water partition coefficient (Wildman–Crippen LogP) is 3.89. The summed E-state index contributed by atoms with van der Waals surface area (Å²) >= 11 is 11.9. The molecule has 130 valence electrons. The van der Waals surface area contributed by atoms with Gasteiger partial charge in [-0.25, -0.2) is 5.43 Å². The van der Waals surface area contributed by atoms with Crippen LogP contribution in [0.25, 0.3) is 11.3 Å². The summed E-state index contributed by atoms with van der Waals surface area (Å²) in [5, 5.41) is 14.6. The number of nitrogens with one attached hydrogen (secondary N) is 1. The number of rotatable bonds is 5. The molecule has 0 radical (unpaired) electrons. The topological polar surface area (TPSA) is 97.7 Å². The maximum atomic E-state index is 12.0. The summed E-state index contributed by atoms with van der Waals surface area (Å²) in [7, 11) is 0. The van der Waals surface area contributed by atoms with E-state index in [-0.39, 0.29) is 11.6 Å². The van der Waals surface area contributed by atoms with Gasteiger partial charge in [0.25, 0.3) is 5.69 Å². The van der Waals surface area contributed by atoms with E-state index in [1.807, 2.05) is 0 Å². The fourth-order valence-corrected chi connectivity index (χ4v) is 2.98. The maximum Gasteiger partial charge on any atom is 0.270 e. The molecule has 1 heterocycles. The average Bonchev–Trinajstić information content (AvgIpc) is 2.90. The lowest BCUT2D eigenvalue weighted by Crippen LogP contribution is -2.29. The first-order valence-electron chi connectivity index (χ1n) is 7.29. The standard InChI is InChI=1S/C16H13Cl2N3O4/c1-15(9-16(15,17)18)14(22)20-19-8-12-5-6-13(25-12)10-3-2-4-11(7-10)21(23)24/h2-8H,9H2,1H3,(H,20,22)/t15-/m0/s1. The molecule has 0 unspecified atom stereocenters. The van der Waals surface area contributed by atoms with Gasteiger partial charge < -0.3 is 4.42 Å². The molecule has 3 rings (SSSR count). The highest BCUT2D eigenvalue weighted by atomic mass is 35.5. The Morgan fingerprint density at radius 3 is 2.76 bits per heavy atom. The van der Waals surface area contributed by atoms with Crippen molar-refractivity contribution in [2.45, 2.75) is 17.7 Å². The third-order valence-corrected chi connectivity index (χ3v) is 5.19. The number of nitro benzene ring substituents is 1. The highest BCUT2D eigenvalue weighted by Crippen LogP contribution is 2.63. The van der Waals surface area contributed by atoms with E-state index in [9.17, 15) is 14.9 Å². The zero-order valence-electron chi connectivity index (χ0n) is 13.0. The van der Waals surface area contributed by atoms with Gasteiger partial charge in [-0.3, -0.25) is 14.9 Å². The summed E-state index contributed by atoms with van der Waals surface area (Å²) < 4.78 is 4.49.